The molecule has 0 aliphatic carbocycles. The Balaban J connectivity index is 2.13. The zero-order chi connectivity index (χ0) is 14.9. The van der Waals surface area contributed by atoms with Crippen molar-refractivity contribution < 1.29 is 9.53 Å². The predicted molar refractivity (Wildman–Crippen MR) is 78.5 cm³/mol. The van der Waals surface area contributed by atoms with Gasteiger partial charge in [-0.05, 0) is 32.0 Å². The molecule has 0 amide bonds. The SMILES string of the molecule is Cc1nn(C)c(C)c1CC(=O)Oc1ccc(Cl)cc1Cl. The first-order valence-electron chi connectivity index (χ1n) is 6.03. The van der Waals surface area contributed by atoms with Gasteiger partial charge in [0.1, 0.15) is 5.75 Å². The van der Waals surface area contributed by atoms with E-state index in [0.29, 0.717) is 15.8 Å². The number of hydrogen-bond acceptors (Lipinski definition) is 3. The average Bonchev–Trinajstić information content (AvgIpc) is 2.60. The first-order chi connectivity index (χ1) is 9.38. The molecule has 0 fully saturated rings. The normalized spacial score (nSPS) is 10.7. The van der Waals surface area contributed by atoms with Crippen LogP contribution >= 0.6 is 23.2 Å². The van der Waals surface area contributed by atoms with Gasteiger partial charge in [0.25, 0.3) is 0 Å². The number of rotatable bonds is 3. The van der Waals surface area contributed by atoms with Crippen LogP contribution in [-0.4, -0.2) is 15.7 Å². The Kier molecular flexibility index (Phi) is 4.35. The van der Waals surface area contributed by atoms with Crippen LogP contribution in [0, 0.1) is 13.8 Å². The fraction of sp³-hybridized carbons (Fsp3) is 0.286. The Labute approximate surface area is 127 Å². The van der Waals surface area contributed by atoms with Crippen molar-refractivity contribution in [1.82, 2.24) is 9.78 Å². The van der Waals surface area contributed by atoms with Crippen LogP contribution < -0.4 is 4.74 Å². The smallest absolute Gasteiger partial charge is 0.315 e. The van der Waals surface area contributed by atoms with Gasteiger partial charge in [-0.15, -0.1) is 0 Å². The van der Waals surface area contributed by atoms with Gasteiger partial charge in [-0.25, -0.2) is 0 Å². The van der Waals surface area contributed by atoms with Crippen molar-refractivity contribution in [2.75, 3.05) is 0 Å². The van der Waals surface area contributed by atoms with Crippen LogP contribution in [0.15, 0.2) is 18.2 Å². The molecule has 0 aliphatic heterocycles. The molecule has 1 heterocycles. The molecule has 20 heavy (non-hydrogen) atoms. The van der Waals surface area contributed by atoms with Gasteiger partial charge in [0.2, 0.25) is 0 Å². The highest BCUT2D eigenvalue weighted by Crippen LogP contribution is 2.28. The Bertz CT molecular complexity index is 665. The van der Waals surface area contributed by atoms with Crippen LogP contribution in [0.25, 0.3) is 0 Å². The summed E-state index contributed by atoms with van der Waals surface area (Å²) in [5.41, 5.74) is 2.65. The summed E-state index contributed by atoms with van der Waals surface area (Å²) in [4.78, 5) is 12.0. The molecule has 2 rings (SSSR count). The fourth-order valence-electron chi connectivity index (χ4n) is 1.93. The van der Waals surface area contributed by atoms with Crippen LogP contribution in [0.1, 0.15) is 17.0 Å². The predicted octanol–water partition coefficient (Wildman–Crippen LogP) is 3.49. The molecule has 0 saturated heterocycles. The van der Waals surface area contributed by atoms with E-state index >= 15 is 0 Å². The molecular formula is C14H14Cl2N2O2. The number of carbonyl (C=O) groups excluding carboxylic acids is 1. The van der Waals surface area contributed by atoms with E-state index in [9.17, 15) is 4.79 Å². The van der Waals surface area contributed by atoms with Crippen LogP contribution in [0.5, 0.6) is 5.75 Å². The summed E-state index contributed by atoms with van der Waals surface area (Å²) >= 11 is 11.8. The maximum atomic E-state index is 12.0. The van der Waals surface area contributed by atoms with E-state index < -0.39 is 0 Å². The second-order valence-corrected chi connectivity index (χ2v) is 5.34. The highest BCUT2D eigenvalue weighted by atomic mass is 35.5. The number of halogens is 2. The van der Waals surface area contributed by atoms with Gasteiger partial charge in [-0.2, -0.15) is 5.10 Å². The summed E-state index contributed by atoms with van der Waals surface area (Å²) in [7, 11) is 1.84. The van der Waals surface area contributed by atoms with Gasteiger partial charge >= 0.3 is 5.97 Å². The van der Waals surface area contributed by atoms with E-state index in [2.05, 4.69) is 5.10 Å². The van der Waals surface area contributed by atoms with Crippen LogP contribution in [0.3, 0.4) is 0 Å². The Morgan fingerprint density at radius 1 is 1.35 bits per heavy atom. The summed E-state index contributed by atoms with van der Waals surface area (Å²) in [6.07, 6.45) is 0.157. The quantitative estimate of drug-likeness (QED) is 0.643. The number of benzene rings is 1. The van der Waals surface area contributed by atoms with E-state index in [1.165, 1.54) is 6.07 Å². The lowest BCUT2D eigenvalue weighted by molar-refractivity contribution is -0.133. The molecule has 0 bridgehead atoms. The number of carbonyl (C=O) groups is 1. The van der Waals surface area contributed by atoms with E-state index in [0.717, 1.165) is 17.0 Å². The summed E-state index contributed by atoms with van der Waals surface area (Å²) in [6, 6.07) is 4.73. The number of hydrogen-bond donors (Lipinski definition) is 0. The molecule has 0 spiro atoms. The maximum absolute atomic E-state index is 12.0. The fourth-order valence-corrected chi connectivity index (χ4v) is 2.38. The van der Waals surface area contributed by atoms with Crippen molar-refractivity contribution in [2.45, 2.75) is 20.3 Å². The molecule has 4 nitrogen and oxygen atoms in total. The minimum absolute atomic E-state index is 0.157. The second kappa shape index (κ2) is 5.85. The van der Waals surface area contributed by atoms with Crippen LogP contribution in [0.2, 0.25) is 10.0 Å². The summed E-state index contributed by atoms with van der Waals surface area (Å²) < 4.78 is 7.00. The standard InChI is InChI=1S/C14H14Cl2N2O2/c1-8-11(9(2)18(3)17-8)7-14(19)20-13-5-4-10(15)6-12(13)16/h4-6H,7H2,1-3H3. The van der Waals surface area contributed by atoms with E-state index in [1.54, 1.807) is 16.8 Å². The third-order valence-corrected chi connectivity index (χ3v) is 3.63. The maximum Gasteiger partial charge on any atom is 0.315 e. The van der Waals surface area contributed by atoms with Crippen molar-refractivity contribution in [3.8, 4) is 5.75 Å². The van der Waals surface area contributed by atoms with Crippen LogP contribution in [0.4, 0.5) is 0 Å². The number of nitrogens with zero attached hydrogens (tertiary/aromatic N) is 2. The molecular weight excluding hydrogens is 299 g/mol. The third-order valence-electron chi connectivity index (χ3n) is 3.10. The summed E-state index contributed by atoms with van der Waals surface area (Å²) in [6.45, 7) is 3.78. The number of aryl methyl sites for hydroxylation is 2. The molecule has 1 aromatic heterocycles. The Hall–Kier alpha value is -1.52. The van der Waals surface area contributed by atoms with Crippen LogP contribution in [-0.2, 0) is 18.3 Å². The molecule has 2 aromatic rings. The highest BCUT2D eigenvalue weighted by molar-refractivity contribution is 6.35. The molecule has 0 atom stereocenters. The Morgan fingerprint density at radius 3 is 2.60 bits per heavy atom. The van der Waals surface area contributed by atoms with E-state index in [1.807, 2.05) is 20.9 Å². The van der Waals surface area contributed by atoms with Gasteiger partial charge in [0.15, 0.2) is 0 Å². The first-order valence-corrected chi connectivity index (χ1v) is 6.79. The van der Waals surface area contributed by atoms with Crippen molar-refractivity contribution in [2.24, 2.45) is 7.05 Å². The van der Waals surface area contributed by atoms with Crippen molar-refractivity contribution >= 4 is 29.2 Å². The van der Waals surface area contributed by atoms with Crippen molar-refractivity contribution in [3.05, 3.63) is 45.2 Å². The van der Waals surface area contributed by atoms with Gasteiger partial charge in [0, 0.05) is 23.3 Å². The summed E-state index contributed by atoms with van der Waals surface area (Å²) in [5, 5.41) is 5.07. The molecule has 0 saturated carbocycles. The first kappa shape index (κ1) is 14.9. The van der Waals surface area contributed by atoms with Gasteiger partial charge < -0.3 is 4.74 Å². The largest absolute Gasteiger partial charge is 0.425 e. The molecule has 6 heteroatoms. The monoisotopic (exact) mass is 312 g/mol. The van der Waals surface area contributed by atoms with Crippen molar-refractivity contribution in [3.63, 3.8) is 0 Å². The van der Waals surface area contributed by atoms with Gasteiger partial charge in [0.05, 0.1) is 17.1 Å². The lowest BCUT2D eigenvalue weighted by Gasteiger charge is -2.07. The number of ether oxygens (including phenoxy) is 1. The topological polar surface area (TPSA) is 44.1 Å². The van der Waals surface area contributed by atoms with Gasteiger partial charge in [-0.1, -0.05) is 23.2 Å². The molecule has 1 aromatic carbocycles. The number of esters is 1. The zero-order valence-electron chi connectivity index (χ0n) is 11.4. The molecule has 0 aliphatic rings. The van der Waals surface area contributed by atoms with Gasteiger partial charge in [-0.3, -0.25) is 9.48 Å². The minimum Gasteiger partial charge on any atom is -0.425 e. The summed E-state index contributed by atoms with van der Waals surface area (Å²) in [5.74, 6) is -0.0753. The van der Waals surface area contributed by atoms with E-state index in [-0.39, 0.29) is 12.4 Å². The minimum atomic E-state index is -0.381. The van der Waals surface area contributed by atoms with Crippen molar-refractivity contribution in [1.29, 1.82) is 0 Å². The number of aromatic nitrogens is 2. The second-order valence-electron chi connectivity index (χ2n) is 4.50. The lowest BCUT2D eigenvalue weighted by atomic mass is 10.1. The Morgan fingerprint density at radius 2 is 2.05 bits per heavy atom. The lowest BCUT2D eigenvalue weighted by Crippen LogP contribution is -2.12. The molecule has 106 valence electrons. The zero-order valence-corrected chi connectivity index (χ0v) is 12.9. The molecule has 0 unspecified atom stereocenters. The third kappa shape index (κ3) is 3.14. The van der Waals surface area contributed by atoms with E-state index in [4.69, 9.17) is 27.9 Å². The molecule has 0 N–H and O–H groups in total. The highest BCUT2D eigenvalue weighted by Gasteiger charge is 2.16. The molecule has 0 radical (unpaired) electrons. The average molecular weight is 313 g/mol.